The highest BCUT2D eigenvalue weighted by atomic mass is 16.6. The minimum absolute atomic E-state index is 0.110. The van der Waals surface area contributed by atoms with Crippen LogP contribution in [0.4, 0.5) is 5.69 Å². The van der Waals surface area contributed by atoms with Gasteiger partial charge in [0.1, 0.15) is 0 Å². The molecule has 1 aromatic rings. The van der Waals surface area contributed by atoms with Gasteiger partial charge < -0.3 is 15.5 Å². The van der Waals surface area contributed by atoms with Gasteiger partial charge in [0, 0.05) is 36.8 Å². The van der Waals surface area contributed by atoms with E-state index in [0.717, 1.165) is 30.9 Å². The maximum atomic E-state index is 10.9. The zero-order chi connectivity index (χ0) is 18.5. The van der Waals surface area contributed by atoms with Crippen molar-refractivity contribution in [3.8, 4) is 0 Å². The van der Waals surface area contributed by atoms with E-state index in [2.05, 4.69) is 27.6 Å². The molecule has 2 fully saturated rings. The van der Waals surface area contributed by atoms with Crippen LogP contribution in [0.15, 0.2) is 29.3 Å². The Balaban J connectivity index is 1.64. The first-order valence-electron chi connectivity index (χ1n) is 9.57. The number of non-ortho nitro benzene ring substituents is 1. The highest BCUT2D eigenvalue weighted by Gasteiger charge is 2.36. The quantitative estimate of drug-likeness (QED) is 0.365. The van der Waals surface area contributed by atoms with Crippen LogP contribution in [0.5, 0.6) is 0 Å². The van der Waals surface area contributed by atoms with Gasteiger partial charge in [0.2, 0.25) is 0 Å². The molecule has 2 unspecified atom stereocenters. The molecule has 2 aliphatic rings. The number of piperidine rings is 2. The first-order chi connectivity index (χ1) is 12.6. The number of nitro groups is 1. The number of hydrogen-bond acceptors (Lipinski definition) is 4. The van der Waals surface area contributed by atoms with Crippen molar-refractivity contribution in [3.05, 3.63) is 39.9 Å². The number of benzene rings is 1. The lowest BCUT2D eigenvalue weighted by molar-refractivity contribution is -0.384. The number of guanidine groups is 1. The molecular formula is C19H29N5O2. The van der Waals surface area contributed by atoms with Gasteiger partial charge in [0.05, 0.1) is 11.5 Å². The molecule has 26 heavy (non-hydrogen) atoms. The number of fused-ring (bicyclic) bond motifs is 2. The first kappa shape index (κ1) is 18.6. The van der Waals surface area contributed by atoms with Crippen LogP contribution < -0.4 is 10.6 Å². The second-order valence-electron chi connectivity index (χ2n) is 7.34. The number of aliphatic imine (C=N–C) groups is 1. The van der Waals surface area contributed by atoms with Crippen LogP contribution in [0.3, 0.4) is 0 Å². The monoisotopic (exact) mass is 359 g/mol. The molecule has 2 heterocycles. The normalized spacial score (nSPS) is 26.4. The van der Waals surface area contributed by atoms with E-state index in [1.54, 1.807) is 12.1 Å². The third-order valence-electron chi connectivity index (χ3n) is 5.57. The van der Waals surface area contributed by atoms with E-state index < -0.39 is 0 Å². The molecule has 1 aromatic carbocycles. The summed E-state index contributed by atoms with van der Waals surface area (Å²) in [7, 11) is 2.26. The number of nitro benzene ring substituents is 1. The molecule has 7 heteroatoms. The maximum Gasteiger partial charge on any atom is 0.269 e. The Morgan fingerprint density at radius 2 is 2.08 bits per heavy atom. The van der Waals surface area contributed by atoms with Crippen molar-refractivity contribution in [3.63, 3.8) is 0 Å². The van der Waals surface area contributed by atoms with E-state index in [1.165, 1.54) is 25.3 Å². The third kappa shape index (κ3) is 4.52. The van der Waals surface area contributed by atoms with E-state index in [9.17, 15) is 10.1 Å². The Kier molecular flexibility index (Phi) is 6.08. The zero-order valence-corrected chi connectivity index (χ0v) is 15.6. The van der Waals surface area contributed by atoms with Crippen LogP contribution in [-0.4, -0.2) is 47.5 Å². The summed E-state index contributed by atoms with van der Waals surface area (Å²) < 4.78 is 0. The number of nitrogens with one attached hydrogen (secondary N) is 2. The average Bonchev–Trinajstić information content (AvgIpc) is 2.61. The average molecular weight is 359 g/mol. The Morgan fingerprint density at radius 3 is 2.73 bits per heavy atom. The van der Waals surface area contributed by atoms with Crippen molar-refractivity contribution in [2.75, 3.05) is 13.6 Å². The molecule has 0 amide bonds. The molecule has 0 saturated carbocycles. The summed E-state index contributed by atoms with van der Waals surface area (Å²) in [6.45, 7) is 3.27. The highest BCUT2D eigenvalue weighted by Crippen LogP contribution is 2.32. The molecule has 2 N–H and O–H groups in total. The van der Waals surface area contributed by atoms with Gasteiger partial charge in [0.25, 0.3) is 5.69 Å². The van der Waals surface area contributed by atoms with Gasteiger partial charge in [-0.2, -0.15) is 0 Å². The summed E-state index contributed by atoms with van der Waals surface area (Å²) in [6, 6.07) is 8.45. The number of nitrogens with zero attached hydrogens (tertiary/aromatic N) is 3. The smallest absolute Gasteiger partial charge is 0.269 e. The first-order valence-corrected chi connectivity index (χ1v) is 9.57. The molecule has 3 rings (SSSR count). The number of rotatable bonds is 5. The van der Waals surface area contributed by atoms with Gasteiger partial charge in [-0.15, -0.1) is 0 Å². The van der Waals surface area contributed by atoms with Gasteiger partial charge in [-0.1, -0.05) is 18.6 Å². The van der Waals surface area contributed by atoms with E-state index in [4.69, 9.17) is 0 Å². The molecule has 0 spiro atoms. The summed E-state index contributed by atoms with van der Waals surface area (Å²) in [4.78, 5) is 17.8. The molecule has 2 atom stereocenters. The molecule has 142 valence electrons. The van der Waals surface area contributed by atoms with Crippen molar-refractivity contribution in [2.24, 2.45) is 4.99 Å². The van der Waals surface area contributed by atoms with Crippen molar-refractivity contribution in [2.45, 2.75) is 63.7 Å². The zero-order valence-electron chi connectivity index (χ0n) is 15.6. The number of hydrogen-bond donors (Lipinski definition) is 2. The fourth-order valence-electron chi connectivity index (χ4n) is 4.19. The lowest BCUT2D eigenvalue weighted by Crippen LogP contribution is -2.56. The molecular weight excluding hydrogens is 330 g/mol. The maximum absolute atomic E-state index is 10.9. The second kappa shape index (κ2) is 8.49. The Hall–Kier alpha value is -2.15. The Labute approximate surface area is 155 Å². The molecule has 0 radical (unpaired) electrons. The minimum atomic E-state index is -0.367. The molecule has 2 aliphatic heterocycles. The summed E-state index contributed by atoms with van der Waals surface area (Å²) in [6.07, 6.45) is 6.20. The fraction of sp³-hybridized carbons (Fsp3) is 0.632. The lowest BCUT2D eigenvalue weighted by Gasteiger charge is -2.47. The molecule has 2 saturated heterocycles. The van der Waals surface area contributed by atoms with Gasteiger partial charge in [-0.25, -0.2) is 4.99 Å². The van der Waals surface area contributed by atoms with E-state index in [0.29, 0.717) is 24.7 Å². The van der Waals surface area contributed by atoms with Crippen LogP contribution in [0.2, 0.25) is 0 Å². The van der Waals surface area contributed by atoms with Crippen molar-refractivity contribution < 1.29 is 4.92 Å². The predicted octanol–water partition coefficient (Wildman–Crippen LogP) is 2.67. The van der Waals surface area contributed by atoms with Gasteiger partial charge in [-0.3, -0.25) is 10.1 Å². The predicted molar refractivity (Wildman–Crippen MR) is 103 cm³/mol. The van der Waals surface area contributed by atoms with Crippen LogP contribution >= 0.6 is 0 Å². The third-order valence-corrected chi connectivity index (χ3v) is 5.57. The van der Waals surface area contributed by atoms with Gasteiger partial charge in [-0.05, 0) is 45.2 Å². The SMILES string of the molecule is CCNC(=NCc1cccc([N+](=O)[O-])c1)NC1CC2CCCC(C1)N2C. The Bertz CT molecular complexity index is 649. The van der Waals surface area contributed by atoms with E-state index in [-0.39, 0.29) is 10.6 Å². The molecule has 0 aliphatic carbocycles. The minimum Gasteiger partial charge on any atom is -0.357 e. The molecule has 7 nitrogen and oxygen atoms in total. The molecule has 0 aromatic heterocycles. The van der Waals surface area contributed by atoms with Crippen molar-refractivity contribution >= 4 is 11.6 Å². The van der Waals surface area contributed by atoms with Gasteiger partial charge >= 0.3 is 0 Å². The molecule has 2 bridgehead atoms. The van der Waals surface area contributed by atoms with Crippen LogP contribution in [0, 0.1) is 10.1 Å². The largest absolute Gasteiger partial charge is 0.357 e. The lowest BCUT2D eigenvalue weighted by atomic mass is 9.82. The highest BCUT2D eigenvalue weighted by molar-refractivity contribution is 5.80. The van der Waals surface area contributed by atoms with Crippen LogP contribution in [0.25, 0.3) is 0 Å². The van der Waals surface area contributed by atoms with E-state index >= 15 is 0 Å². The fourth-order valence-corrected chi connectivity index (χ4v) is 4.19. The van der Waals surface area contributed by atoms with Crippen LogP contribution in [0.1, 0.15) is 44.6 Å². The summed E-state index contributed by atoms with van der Waals surface area (Å²) in [5.74, 6) is 0.798. The standard InChI is InChI=1S/C19H29N5O2/c1-3-20-19(21-13-14-6-4-9-18(10-14)24(25)26)22-15-11-16-7-5-8-17(12-15)23(16)2/h4,6,9-10,15-17H,3,5,7-8,11-13H2,1-2H3,(H2,20,21,22). The van der Waals surface area contributed by atoms with E-state index in [1.807, 2.05) is 13.0 Å². The van der Waals surface area contributed by atoms with Crippen molar-refractivity contribution in [1.29, 1.82) is 0 Å². The summed E-state index contributed by atoms with van der Waals surface area (Å²) in [5, 5.41) is 17.8. The topological polar surface area (TPSA) is 82.8 Å². The van der Waals surface area contributed by atoms with Gasteiger partial charge in [0.15, 0.2) is 5.96 Å². The Morgan fingerprint density at radius 1 is 1.35 bits per heavy atom. The summed E-state index contributed by atoms with van der Waals surface area (Å²) >= 11 is 0. The second-order valence-corrected chi connectivity index (χ2v) is 7.34. The van der Waals surface area contributed by atoms with Crippen LogP contribution in [-0.2, 0) is 6.54 Å². The summed E-state index contributed by atoms with van der Waals surface area (Å²) in [5.41, 5.74) is 0.954. The van der Waals surface area contributed by atoms with Crippen molar-refractivity contribution in [1.82, 2.24) is 15.5 Å².